The molecule has 0 saturated heterocycles. The molecule has 0 amide bonds. The smallest absolute Gasteiger partial charge is 0.302 e. The first kappa shape index (κ1) is 19.8. The van der Waals surface area contributed by atoms with Crippen molar-refractivity contribution in [3.63, 3.8) is 0 Å². The van der Waals surface area contributed by atoms with Crippen LogP contribution in [0.5, 0.6) is 0 Å². The highest BCUT2D eigenvalue weighted by molar-refractivity contribution is 7.15. The number of hydrogen-bond acceptors (Lipinski definition) is 6. The third kappa shape index (κ3) is 4.19. The lowest BCUT2D eigenvalue weighted by atomic mass is 10.1. The Morgan fingerprint density at radius 2 is 2.19 bits per heavy atom. The lowest BCUT2D eigenvalue weighted by molar-refractivity contribution is -0.147. The van der Waals surface area contributed by atoms with Gasteiger partial charge in [-0.15, -0.1) is 11.3 Å². The van der Waals surface area contributed by atoms with Crippen LogP contribution in [0.1, 0.15) is 30.1 Å². The van der Waals surface area contributed by atoms with Crippen molar-refractivity contribution in [2.75, 3.05) is 6.61 Å². The van der Waals surface area contributed by atoms with Crippen molar-refractivity contribution < 1.29 is 18.7 Å². The molecule has 5 rings (SSSR count). The summed E-state index contributed by atoms with van der Waals surface area (Å²) >= 11 is 1.64. The van der Waals surface area contributed by atoms with Crippen LogP contribution in [0.3, 0.4) is 0 Å². The molecule has 2 atom stereocenters. The molecule has 31 heavy (non-hydrogen) atoms. The fourth-order valence-electron chi connectivity index (χ4n) is 3.87. The second-order valence-corrected chi connectivity index (χ2v) is 8.56. The van der Waals surface area contributed by atoms with Crippen LogP contribution in [0.25, 0.3) is 21.5 Å². The highest BCUT2D eigenvalue weighted by atomic mass is 32.1. The highest BCUT2D eigenvalue weighted by Crippen LogP contribution is 2.33. The number of para-hydroxylation sites is 1. The summed E-state index contributed by atoms with van der Waals surface area (Å²) in [5.74, 6) is 0.539. The second-order valence-electron chi connectivity index (χ2n) is 7.45. The van der Waals surface area contributed by atoms with Crippen LogP contribution in [-0.2, 0) is 20.7 Å². The van der Waals surface area contributed by atoms with Gasteiger partial charge in [0.05, 0.1) is 21.7 Å². The summed E-state index contributed by atoms with van der Waals surface area (Å²) in [4.78, 5) is 16.8. The molecule has 1 aromatic carbocycles. The molecule has 4 aromatic rings. The van der Waals surface area contributed by atoms with Gasteiger partial charge in [0.15, 0.2) is 0 Å². The van der Waals surface area contributed by atoms with Crippen LogP contribution in [-0.4, -0.2) is 28.2 Å². The number of benzene rings is 1. The summed E-state index contributed by atoms with van der Waals surface area (Å²) < 4.78 is 19.0. The number of rotatable bonds is 6. The van der Waals surface area contributed by atoms with Crippen molar-refractivity contribution in [2.45, 2.75) is 32.1 Å². The third-order valence-electron chi connectivity index (χ3n) is 5.26. The molecule has 1 aliphatic rings. The average molecular weight is 435 g/mol. The molecule has 7 heteroatoms. The third-order valence-corrected chi connectivity index (χ3v) is 6.28. The van der Waals surface area contributed by atoms with Gasteiger partial charge in [-0.25, -0.2) is 4.98 Å². The van der Waals surface area contributed by atoms with Gasteiger partial charge in [-0.05, 0) is 23.8 Å². The molecule has 0 fully saturated rings. The number of ether oxygens (including phenoxy) is 2. The number of esters is 1. The van der Waals surface area contributed by atoms with E-state index < -0.39 is 0 Å². The number of aromatic nitrogens is 2. The van der Waals surface area contributed by atoms with Crippen molar-refractivity contribution in [3.05, 3.63) is 77.8 Å². The van der Waals surface area contributed by atoms with Gasteiger partial charge in [-0.1, -0.05) is 30.4 Å². The fraction of sp³-hybridized carbons (Fsp3) is 0.250. The zero-order valence-corrected chi connectivity index (χ0v) is 17.9. The van der Waals surface area contributed by atoms with Gasteiger partial charge < -0.3 is 18.5 Å². The van der Waals surface area contributed by atoms with Gasteiger partial charge in [-0.2, -0.15) is 0 Å². The van der Waals surface area contributed by atoms with Crippen molar-refractivity contribution in [3.8, 4) is 10.6 Å². The Morgan fingerprint density at radius 3 is 3.03 bits per heavy atom. The Labute approximate surface area is 183 Å². The lowest BCUT2D eigenvalue weighted by Gasteiger charge is -2.27. The number of nitrogens with zero attached hydrogens (tertiary/aromatic N) is 2. The summed E-state index contributed by atoms with van der Waals surface area (Å²) in [5.41, 5.74) is 2.32. The van der Waals surface area contributed by atoms with E-state index in [4.69, 9.17) is 13.9 Å². The Bertz CT molecular complexity index is 1220. The molecule has 4 heterocycles. The average Bonchev–Trinajstić information content (AvgIpc) is 3.53. The minimum absolute atomic E-state index is 0.154. The Morgan fingerprint density at radius 1 is 1.29 bits per heavy atom. The van der Waals surface area contributed by atoms with E-state index >= 15 is 0 Å². The predicted octanol–water partition coefficient (Wildman–Crippen LogP) is 5.36. The first-order valence-corrected chi connectivity index (χ1v) is 11.0. The molecule has 0 saturated carbocycles. The number of hydrogen-bond donors (Lipinski definition) is 0. The van der Waals surface area contributed by atoms with E-state index in [0.717, 1.165) is 34.0 Å². The van der Waals surface area contributed by atoms with E-state index in [1.807, 2.05) is 30.5 Å². The molecular formula is C24H22N2O4S. The zero-order chi connectivity index (χ0) is 21.2. The normalized spacial score (nSPS) is 18.5. The first-order chi connectivity index (χ1) is 15.2. The largest absolute Gasteiger partial charge is 0.463 e. The van der Waals surface area contributed by atoms with Crippen molar-refractivity contribution in [1.82, 2.24) is 9.55 Å². The van der Waals surface area contributed by atoms with Crippen molar-refractivity contribution in [2.24, 2.45) is 0 Å². The number of carbonyl (C=O) groups excluding carboxylic acids is 1. The SMILES string of the molecule is CC(=O)OC[C@H]1C=CC[C@H](n2cc(Cc3ncc(-c4ccco4)s3)c3ccccc32)O1. The Hall–Kier alpha value is -3.16. The van der Waals surface area contributed by atoms with E-state index in [0.29, 0.717) is 0 Å². The van der Waals surface area contributed by atoms with E-state index in [1.54, 1.807) is 17.6 Å². The number of fused-ring (bicyclic) bond motifs is 1. The van der Waals surface area contributed by atoms with E-state index in [2.05, 4.69) is 40.0 Å². The van der Waals surface area contributed by atoms with E-state index in [9.17, 15) is 4.79 Å². The topological polar surface area (TPSA) is 66.5 Å². The molecule has 1 aliphatic heterocycles. The van der Waals surface area contributed by atoms with Crippen LogP contribution in [0.4, 0.5) is 0 Å². The molecule has 0 bridgehead atoms. The summed E-state index contributed by atoms with van der Waals surface area (Å²) in [6.45, 7) is 1.63. The van der Waals surface area contributed by atoms with Crippen LogP contribution in [0.15, 0.2) is 71.6 Å². The van der Waals surface area contributed by atoms with E-state index in [1.165, 1.54) is 17.9 Å². The molecule has 0 spiro atoms. The Balaban J connectivity index is 1.41. The quantitative estimate of drug-likeness (QED) is 0.302. The van der Waals surface area contributed by atoms with Crippen LogP contribution >= 0.6 is 11.3 Å². The molecule has 0 unspecified atom stereocenters. The summed E-state index contributed by atoms with van der Waals surface area (Å²) in [7, 11) is 0. The van der Waals surface area contributed by atoms with Crippen LogP contribution in [0.2, 0.25) is 0 Å². The predicted molar refractivity (Wildman–Crippen MR) is 119 cm³/mol. The maximum atomic E-state index is 11.1. The van der Waals surface area contributed by atoms with Gasteiger partial charge in [-0.3, -0.25) is 4.79 Å². The van der Waals surface area contributed by atoms with Crippen molar-refractivity contribution >= 4 is 28.2 Å². The van der Waals surface area contributed by atoms with Gasteiger partial charge >= 0.3 is 5.97 Å². The summed E-state index contributed by atoms with van der Waals surface area (Å²) in [6, 6.07) is 12.2. The van der Waals surface area contributed by atoms with Crippen molar-refractivity contribution in [1.29, 1.82) is 0 Å². The number of carbonyl (C=O) groups is 1. The maximum absolute atomic E-state index is 11.1. The number of furan rings is 1. The fourth-order valence-corrected chi connectivity index (χ4v) is 4.78. The van der Waals surface area contributed by atoms with Gasteiger partial charge in [0.1, 0.15) is 24.7 Å². The molecule has 158 valence electrons. The van der Waals surface area contributed by atoms with Gasteiger partial charge in [0, 0.05) is 37.5 Å². The number of thiazole rings is 1. The van der Waals surface area contributed by atoms with Crippen LogP contribution < -0.4 is 0 Å². The first-order valence-electron chi connectivity index (χ1n) is 10.2. The van der Waals surface area contributed by atoms with Gasteiger partial charge in [0.25, 0.3) is 0 Å². The molecule has 0 radical (unpaired) electrons. The highest BCUT2D eigenvalue weighted by Gasteiger charge is 2.23. The zero-order valence-electron chi connectivity index (χ0n) is 17.1. The van der Waals surface area contributed by atoms with Gasteiger partial charge in [0.2, 0.25) is 0 Å². The maximum Gasteiger partial charge on any atom is 0.302 e. The standard InChI is InChI=1S/C24H22N2O4S/c1-16(27)29-15-18-6-4-10-24(30-18)26-14-17(19-7-2-3-8-20(19)26)12-23-25-13-22(31-23)21-9-5-11-28-21/h2-9,11,13-14,18,24H,10,12,15H2,1H3/t18-,24-/m1/s1. The van der Waals surface area contributed by atoms with Crippen LogP contribution in [0, 0.1) is 0 Å². The Kier molecular flexibility index (Phi) is 5.44. The molecule has 6 nitrogen and oxygen atoms in total. The molecule has 0 N–H and O–H groups in total. The molecular weight excluding hydrogens is 412 g/mol. The monoisotopic (exact) mass is 434 g/mol. The van der Waals surface area contributed by atoms with E-state index in [-0.39, 0.29) is 24.9 Å². The minimum atomic E-state index is -0.301. The molecule has 3 aromatic heterocycles. The minimum Gasteiger partial charge on any atom is -0.463 e. The second kappa shape index (κ2) is 8.53. The molecule has 0 aliphatic carbocycles. The summed E-state index contributed by atoms with van der Waals surface area (Å²) in [6.07, 6.45) is 10.8. The summed E-state index contributed by atoms with van der Waals surface area (Å²) in [5, 5.41) is 2.22. The lowest BCUT2D eigenvalue weighted by Crippen LogP contribution is -2.26.